The third-order valence-electron chi connectivity index (χ3n) is 7.94. The van der Waals surface area contributed by atoms with Crippen molar-refractivity contribution in [1.82, 2.24) is 0 Å². The Balaban J connectivity index is 1.14. The standard InChI is InChI=1S/C33H25N5O14S4/c39-28-12-4-20-14-26(54(44,45)46)17-30(56(50,51)52)31(20)32(28)38-36-22-5-1-18(2-6-22)33(40)34-21-8-10-23(11-9-21)35-37-24-7-3-19-13-25(53(41,42)43)16-29(27(19)15-24)55(47,48)49/h1-17,35,37,39H,(H,34,40)(H,41,42,43)(H,44,45,46)(H,47,48,49)(H,50,51,52). The smallest absolute Gasteiger partial charge is 0.295 e. The van der Waals surface area contributed by atoms with Gasteiger partial charge in [-0.2, -0.15) is 38.8 Å². The molecule has 0 aliphatic rings. The predicted molar refractivity (Wildman–Crippen MR) is 201 cm³/mol. The summed E-state index contributed by atoms with van der Waals surface area (Å²) in [5.74, 6) is -1.09. The lowest BCUT2D eigenvalue weighted by Crippen LogP contribution is -2.12. The number of anilines is 3. The number of phenols is 1. The van der Waals surface area contributed by atoms with E-state index in [1.165, 1.54) is 42.5 Å². The lowest BCUT2D eigenvalue weighted by Gasteiger charge is -2.13. The quantitative estimate of drug-likeness (QED) is 0.0434. The third-order valence-corrected chi connectivity index (χ3v) is 11.4. The molecule has 6 aromatic rings. The second-order valence-corrected chi connectivity index (χ2v) is 17.4. The molecule has 0 heterocycles. The van der Waals surface area contributed by atoms with Crippen molar-refractivity contribution in [3.05, 3.63) is 109 Å². The summed E-state index contributed by atoms with van der Waals surface area (Å²) in [7, 11) is -19.6. The predicted octanol–water partition coefficient (Wildman–Crippen LogP) is 5.79. The number of hydrogen-bond donors (Lipinski definition) is 8. The summed E-state index contributed by atoms with van der Waals surface area (Å²) in [4.78, 5) is 9.70. The summed E-state index contributed by atoms with van der Waals surface area (Å²) in [6.45, 7) is 0. The van der Waals surface area contributed by atoms with E-state index in [4.69, 9.17) is 0 Å². The molecule has 23 heteroatoms. The van der Waals surface area contributed by atoms with Crippen LogP contribution in [0.15, 0.2) is 133 Å². The topological polar surface area (TPSA) is 316 Å². The van der Waals surface area contributed by atoms with Gasteiger partial charge in [0.25, 0.3) is 46.4 Å². The fourth-order valence-electron chi connectivity index (χ4n) is 5.33. The van der Waals surface area contributed by atoms with E-state index in [1.54, 1.807) is 24.3 Å². The van der Waals surface area contributed by atoms with Gasteiger partial charge in [-0.1, -0.05) is 12.1 Å². The number of benzene rings is 6. The molecule has 0 aromatic heterocycles. The molecule has 290 valence electrons. The van der Waals surface area contributed by atoms with Crippen LogP contribution in [-0.2, 0) is 40.5 Å². The molecule has 19 nitrogen and oxygen atoms in total. The summed E-state index contributed by atoms with van der Waals surface area (Å²) in [6.07, 6.45) is 0. The number of fused-ring (bicyclic) bond motifs is 2. The monoisotopic (exact) mass is 843 g/mol. The van der Waals surface area contributed by atoms with Crippen molar-refractivity contribution >= 4 is 96.4 Å². The molecular weight excluding hydrogens is 819 g/mol. The van der Waals surface area contributed by atoms with Crippen LogP contribution in [0.1, 0.15) is 10.4 Å². The maximum absolute atomic E-state index is 12.9. The first-order valence-corrected chi connectivity index (χ1v) is 21.1. The van der Waals surface area contributed by atoms with Crippen LogP contribution in [-0.4, -0.2) is 62.9 Å². The number of nitrogens with one attached hydrogen (secondary N) is 3. The molecule has 0 bridgehead atoms. The maximum Gasteiger partial charge on any atom is 0.295 e. The van der Waals surface area contributed by atoms with E-state index in [2.05, 4.69) is 26.4 Å². The molecule has 6 aromatic carbocycles. The molecule has 0 unspecified atom stereocenters. The molecule has 6 rings (SSSR count). The van der Waals surface area contributed by atoms with Crippen LogP contribution in [0, 0.1) is 0 Å². The minimum Gasteiger partial charge on any atom is -0.506 e. The average Bonchev–Trinajstić information content (AvgIpc) is 3.11. The number of hydrazine groups is 1. The molecule has 56 heavy (non-hydrogen) atoms. The van der Waals surface area contributed by atoms with Gasteiger partial charge in [-0.3, -0.25) is 23.0 Å². The molecule has 0 spiro atoms. The van der Waals surface area contributed by atoms with E-state index in [-0.39, 0.29) is 32.8 Å². The first-order chi connectivity index (χ1) is 26.1. The van der Waals surface area contributed by atoms with Gasteiger partial charge in [-0.05, 0) is 102 Å². The van der Waals surface area contributed by atoms with Gasteiger partial charge in [0, 0.05) is 22.0 Å². The molecule has 0 saturated carbocycles. The van der Waals surface area contributed by atoms with Crippen LogP contribution < -0.4 is 16.2 Å². The Morgan fingerprint density at radius 3 is 1.62 bits per heavy atom. The minimum absolute atomic E-state index is 0.0293. The highest BCUT2D eigenvalue weighted by Gasteiger charge is 2.24. The number of rotatable bonds is 11. The number of carbonyl (C=O) groups is 1. The van der Waals surface area contributed by atoms with Crippen molar-refractivity contribution in [1.29, 1.82) is 0 Å². The van der Waals surface area contributed by atoms with Gasteiger partial charge >= 0.3 is 0 Å². The van der Waals surface area contributed by atoms with E-state index < -0.39 is 77.4 Å². The zero-order valence-corrected chi connectivity index (χ0v) is 31.0. The van der Waals surface area contributed by atoms with Gasteiger partial charge in [0.1, 0.15) is 21.2 Å². The second kappa shape index (κ2) is 14.5. The van der Waals surface area contributed by atoms with E-state index in [9.17, 15) is 61.8 Å². The molecule has 8 N–H and O–H groups in total. The Kier molecular flexibility index (Phi) is 10.3. The first kappa shape index (κ1) is 39.6. The highest BCUT2D eigenvalue weighted by atomic mass is 32.2. The van der Waals surface area contributed by atoms with Crippen LogP contribution in [0.2, 0.25) is 0 Å². The van der Waals surface area contributed by atoms with Crippen molar-refractivity contribution < 1.29 is 61.8 Å². The number of hydrogen-bond acceptors (Lipinski definition) is 14. The fourth-order valence-corrected chi connectivity index (χ4v) is 8.05. The SMILES string of the molecule is O=C(Nc1ccc(NNc2ccc3cc(S(=O)(=O)O)cc(S(=O)(=O)O)c3c2)cc1)c1ccc(N=Nc2c(O)ccc3cc(S(=O)(=O)O)cc(S(=O)(=O)O)c23)cc1. The molecule has 0 atom stereocenters. The van der Waals surface area contributed by atoms with Gasteiger partial charge < -0.3 is 21.3 Å². The van der Waals surface area contributed by atoms with Crippen LogP contribution >= 0.6 is 0 Å². The van der Waals surface area contributed by atoms with Gasteiger partial charge in [0.15, 0.2) is 0 Å². The summed E-state index contributed by atoms with van der Waals surface area (Å²) in [6, 6.07) is 21.4. The maximum atomic E-state index is 12.9. The van der Waals surface area contributed by atoms with Crippen molar-refractivity contribution in [2.75, 3.05) is 16.2 Å². The first-order valence-electron chi connectivity index (χ1n) is 15.3. The minimum atomic E-state index is -5.09. The number of azo groups is 1. The molecule has 0 fully saturated rings. The molecular formula is C33H25N5O14S4. The summed E-state index contributed by atoms with van der Waals surface area (Å²) < 4.78 is 133. The lowest BCUT2D eigenvalue weighted by molar-refractivity contribution is 0.102. The van der Waals surface area contributed by atoms with E-state index in [0.29, 0.717) is 29.2 Å². The molecule has 0 aliphatic heterocycles. The van der Waals surface area contributed by atoms with E-state index in [0.717, 1.165) is 24.3 Å². The number of nitrogens with zero attached hydrogens (tertiary/aromatic N) is 2. The largest absolute Gasteiger partial charge is 0.506 e. The van der Waals surface area contributed by atoms with Crippen LogP contribution in [0.25, 0.3) is 21.5 Å². The average molecular weight is 844 g/mol. The zero-order chi connectivity index (χ0) is 40.8. The Bertz CT molecular complexity index is 3070. The van der Waals surface area contributed by atoms with Crippen molar-refractivity contribution in [2.24, 2.45) is 10.2 Å². The van der Waals surface area contributed by atoms with E-state index >= 15 is 0 Å². The zero-order valence-electron chi connectivity index (χ0n) is 27.8. The fraction of sp³-hybridized carbons (Fsp3) is 0. The van der Waals surface area contributed by atoms with Gasteiger partial charge in [0.2, 0.25) is 0 Å². The molecule has 0 aliphatic carbocycles. The summed E-state index contributed by atoms with van der Waals surface area (Å²) in [5.41, 5.74) is 6.81. The Labute approximate surface area is 317 Å². The lowest BCUT2D eigenvalue weighted by atomic mass is 10.1. The van der Waals surface area contributed by atoms with Crippen molar-refractivity contribution in [2.45, 2.75) is 19.6 Å². The summed E-state index contributed by atoms with van der Waals surface area (Å²) >= 11 is 0. The van der Waals surface area contributed by atoms with Crippen molar-refractivity contribution in [3.63, 3.8) is 0 Å². The highest BCUT2D eigenvalue weighted by Crippen LogP contribution is 2.41. The van der Waals surface area contributed by atoms with Gasteiger partial charge in [-0.15, -0.1) is 5.11 Å². The third kappa shape index (κ3) is 8.74. The Morgan fingerprint density at radius 2 is 1.04 bits per heavy atom. The normalized spacial score (nSPS) is 12.6. The summed E-state index contributed by atoms with van der Waals surface area (Å²) in [5, 5.41) is 20.6. The Morgan fingerprint density at radius 1 is 0.518 bits per heavy atom. The number of amides is 1. The Hall–Kier alpha value is -6.05. The second-order valence-electron chi connectivity index (χ2n) is 11.7. The number of carbonyl (C=O) groups excluding carboxylic acids is 1. The molecule has 0 saturated heterocycles. The van der Waals surface area contributed by atoms with E-state index in [1.807, 2.05) is 0 Å². The van der Waals surface area contributed by atoms with Crippen LogP contribution in [0.4, 0.5) is 28.4 Å². The van der Waals surface area contributed by atoms with Crippen molar-refractivity contribution in [3.8, 4) is 5.75 Å². The van der Waals surface area contributed by atoms with Gasteiger partial charge in [-0.25, -0.2) is 0 Å². The van der Waals surface area contributed by atoms with Gasteiger partial charge in [0.05, 0.1) is 26.9 Å². The number of aromatic hydroxyl groups is 1. The number of phenolic OH excluding ortho intramolecular Hbond substituents is 1. The van der Waals surface area contributed by atoms with Crippen LogP contribution in [0.3, 0.4) is 0 Å². The molecule has 1 amide bonds. The van der Waals surface area contributed by atoms with Crippen LogP contribution in [0.5, 0.6) is 5.75 Å². The highest BCUT2D eigenvalue weighted by molar-refractivity contribution is 7.87. The molecule has 0 radical (unpaired) electrons.